The van der Waals surface area contributed by atoms with Crippen LogP contribution in [-0.2, 0) is 50.0 Å². The molecule has 0 spiro atoms. The fraction of sp³-hybridized carbons (Fsp3) is 0.871. The van der Waals surface area contributed by atoms with Crippen LogP contribution in [0.1, 0.15) is 69.2 Å². The van der Waals surface area contributed by atoms with Gasteiger partial charge in [0.05, 0.1) is 84.0 Å². The summed E-state index contributed by atoms with van der Waals surface area (Å²) in [7, 11) is 0. The standard InChI is InChI=1S/C31H54N6O10/c38-20-28-30(41)31(42)29(40)27(47-28)7-5-3-1-2-4-6-11-45-21-24-18-36(34-32-24)10-12-43-13-14-44-15-16-46-22-25-19-37(35-33-25)17-23-8-9-26(23)39/h18-19,23,26-31,38-42H,1-17,20-22H2. The lowest BCUT2D eigenvalue weighted by Crippen LogP contribution is -2.58. The van der Waals surface area contributed by atoms with Crippen LogP contribution >= 0.6 is 0 Å². The van der Waals surface area contributed by atoms with E-state index in [9.17, 15) is 25.5 Å². The molecule has 268 valence electrons. The Labute approximate surface area is 275 Å². The Morgan fingerprint density at radius 3 is 1.94 bits per heavy atom. The third kappa shape index (κ3) is 13.0. The summed E-state index contributed by atoms with van der Waals surface area (Å²) < 4.78 is 31.6. The van der Waals surface area contributed by atoms with Crippen LogP contribution < -0.4 is 0 Å². The first kappa shape index (κ1) is 37.7. The highest BCUT2D eigenvalue weighted by molar-refractivity contribution is 4.92. The van der Waals surface area contributed by atoms with Crippen LogP contribution in [0.4, 0.5) is 0 Å². The van der Waals surface area contributed by atoms with Gasteiger partial charge in [0.25, 0.3) is 0 Å². The molecule has 2 aromatic rings. The number of nitrogens with zero attached hydrogens (tertiary/aromatic N) is 6. The van der Waals surface area contributed by atoms with E-state index in [-0.39, 0.29) is 12.0 Å². The summed E-state index contributed by atoms with van der Waals surface area (Å²) in [5, 5.41) is 65.3. The van der Waals surface area contributed by atoms with Gasteiger partial charge in [-0.3, -0.25) is 4.68 Å². The molecule has 1 aliphatic carbocycles. The minimum absolute atomic E-state index is 0.218. The Kier molecular flexibility index (Phi) is 16.9. The van der Waals surface area contributed by atoms with Crippen LogP contribution in [-0.4, -0.2) is 138 Å². The largest absolute Gasteiger partial charge is 0.394 e. The topological polar surface area (TPSA) is 209 Å². The average Bonchev–Trinajstić information content (AvgIpc) is 3.73. The Hall–Kier alpha value is -2.12. The monoisotopic (exact) mass is 670 g/mol. The van der Waals surface area contributed by atoms with Gasteiger partial charge in [0, 0.05) is 19.1 Å². The first-order chi connectivity index (χ1) is 22.9. The fourth-order valence-electron chi connectivity index (χ4n) is 5.64. The molecule has 5 N–H and O–H groups in total. The maximum absolute atomic E-state index is 10.1. The van der Waals surface area contributed by atoms with Crippen molar-refractivity contribution in [3.8, 4) is 0 Å². The zero-order chi connectivity index (χ0) is 33.3. The van der Waals surface area contributed by atoms with Crippen molar-refractivity contribution >= 4 is 0 Å². The second kappa shape index (κ2) is 21.1. The predicted octanol–water partition coefficient (Wildman–Crippen LogP) is -0.0198. The van der Waals surface area contributed by atoms with Gasteiger partial charge in [-0.15, -0.1) is 10.2 Å². The molecule has 1 aliphatic heterocycles. The molecule has 16 heteroatoms. The minimum atomic E-state index is -1.30. The van der Waals surface area contributed by atoms with Gasteiger partial charge >= 0.3 is 0 Å². The predicted molar refractivity (Wildman–Crippen MR) is 166 cm³/mol. The molecule has 16 nitrogen and oxygen atoms in total. The van der Waals surface area contributed by atoms with Gasteiger partial charge in [0.1, 0.15) is 35.8 Å². The molecule has 47 heavy (non-hydrogen) atoms. The van der Waals surface area contributed by atoms with Crippen molar-refractivity contribution in [2.45, 2.75) is 121 Å². The molecule has 1 saturated carbocycles. The molecule has 2 aliphatic rings. The lowest BCUT2D eigenvalue weighted by Gasteiger charge is -2.40. The zero-order valence-corrected chi connectivity index (χ0v) is 27.3. The highest BCUT2D eigenvalue weighted by atomic mass is 16.5. The first-order valence-electron chi connectivity index (χ1n) is 17.0. The number of aliphatic hydroxyl groups is 5. The zero-order valence-electron chi connectivity index (χ0n) is 27.3. The van der Waals surface area contributed by atoms with Crippen LogP contribution in [0.15, 0.2) is 12.4 Å². The van der Waals surface area contributed by atoms with E-state index in [0.717, 1.165) is 62.8 Å². The molecule has 1 saturated heterocycles. The third-order valence-electron chi connectivity index (χ3n) is 8.70. The number of ether oxygens (including phenoxy) is 5. The summed E-state index contributed by atoms with van der Waals surface area (Å²) in [6.07, 6.45) is 6.77. The van der Waals surface area contributed by atoms with Crippen LogP contribution in [0.2, 0.25) is 0 Å². The van der Waals surface area contributed by atoms with Crippen molar-refractivity contribution in [1.29, 1.82) is 0 Å². The number of aromatic nitrogens is 6. The van der Waals surface area contributed by atoms with Gasteiger partial charge in [0.2, 0.25) is 0 Å². The maximum atomic E-state index is 10.1. The van der Waals surface area contributed by atoms with Gasteiger partial charge in [-0.2, -0.15) is 0 Å². The Morgan fingerprint density at radius 2 is 1.26 bits per heavy atom. The summed E-state index contributed by atoms with van der Waals surface area (Å²) >= 11 is 0. The highest BCUT2D eigenvalue weighted by Crippen LogP contribution is 2.28. The quantitative estimate of drug-likeness (QED) is 0.0880. The van der Waals surface area contributed by atoms with Crippen molar-refractivity contribution in [3.63, 3.8) is 0 Å². The Balaban J connectivity index is 0.894. The molecule has 0 bridgehead atoms. The van der Waals surface area contributed by atoms with Crippen LogP contribution in [0.25, 0.3) is 0 Å². The van der Waals surface area contributed by atoms with Crippen LogP contribution in [0, 0.1) is 5.92 Å². The summed E-state index contributed by atoms with van der Waals surface area (Å²) in [5.74, 6) is 0.275. The lowest BCUT2D eigenvalue weighted by atomic mass is 9.82. The summed E-state index contributed by atoms with van der Waals surface area (Å²) in [4.78, 5) is 0. The van der Waals surface area contributed by atoms with E-state index in [2.05, 4.69) is 20.6 Å². The van der Waals surface area contributed by atoms with Gasteiger partial charge < -0.3 is 49.2 Å². The first-order valence-corrected chi connectivity index (χ1v) is 17.0. The van der Waals surface area contributed by atoms with Gasteiger partial charge in [-0.05, 0) is 25.7 Å². The molecule has 0 amide bonds. The molecule has 3 heterocycles. The summed E-state index contributed by atoms with van der Waals surface area (Å²) in [6, 6.07) is 0. The average molecular weight is 671 g/mol. The van der Waals surface area contributed by atoms with Crippen molar-refractivity contribution in [2.24, 2.45) is 5.92 Å². The van der Waals surface area contributed by atoms with E-state index < -0.39 is 37.1 Å². The smallest absolute Gasteiger partial charge is 0.111 e. The number of unbranched alkanes of at least 4 members (excludes halogenated alkanes) is 5. The van der Waals surface area contributed by atoms with Crippen molar-refractivity contribution in [1.82, 2.24) is 30.0 Å². The molecule has 0 radical (unpaired) electrons. The number of hydrogen-bond acceptors (Lipinski definition) is 14. The summed E-state index contributed by atoms with van der Waals surface area (Å²) in [6.45, 7) is 4.70. The molecule has 2 aromatic heterocycles. The minimum Gasteiger partial charge on any atom is -0.394 e. The van der Waals surface area contributed by atoms with Crippen molar-refractivity contribution in [2.75, 3.05) is 46.2 Å². The second-order valence-electron chi connectivity index (χ2n) is 12.4. The van der Waals surface area contributed by atoms with Gasteiger partial charge in [-0.1, -0.05) is 42.5 Å². The number of hydrogen-bond donors (Lipinski definition) is 5. The Bertz CT molecular complexity index is 1110. The molecule has 7 unspecified atom stereocenters. The highest BCUT2D eigenvalue weighted by Gasteiger charge is 2.42. The van der Waals surface area contributed by atoms with Crippen molar-refractivity contribution < 1.29 is 49.2 Å². The molecule has 7 atom stereocenters. The molecule has 0 aromatic carbocycles. The molecular weight excluding hydrogens is 616 g/mol. The van der Waals surface area contributed by atoms with E-state index in [1.165, 1.54) is 0 Å². The normalized spacial score (nSPS) is 26.1. The van der Waals surface area contributed by atoms with Gasteiger partial charge in [0.15, 0.2) is 0 Å². The third-order valence-corrected chi connectivity index (χ3v) is 8.70. The lowest BCUT2D eigenvalue weighted by molar-refractivity contribution is -0.230. The SMILES string of the molecule is OCC1OC(CCCCCCCCOCc2cn(CCOCCOCCOCc3cn(CC4CCC4O)nn3)nn2)C(O)C(O)C1O. The maximum Gasteiger partial charge on any atom is 0.111 e. The van der Waals surface area contributed by atoms with E-state index in [0.29, 0.717) is 72.4 Å². The summed E-state index contributed by atoms with van der Waals surface area (Å²) in [5.41, 5.74) is 1.54. The number of rotatable bonds is 25. The molecule has 2 fully saturated rings. The van der Waals surface area contributed by atoms with Crippen LogP contribution in [0.5, 0.6) is 0 Å². The van der Waals surface area contributed by atoms with E-state index in [1.54, 1.807) is 9.36 Å². The van der Waals surface area contributed by atoms with Gasteiger partial charge in [-0.25, -0.2) is 4.68 Å². The van der Waals surface area contributed by atoms with E-state index in [1.807, 2.05) is 12.4 Å². The van der Waals surface area contributed by atoms with E-state index >= 15 is 0 Å². The number of aliphatic hydroxyl groups excluding tert-OH is 5. The molecular formula is C31H54N6O10. The second-order valence-corrected chi connectivity index (χ2v) is 12.4. The Morgan fingerprint density at radius 1 is 0.660 bits per heavy atom. The van der Waals surface area contributed by atoms with Crippen LogP contribution in [0.3, 0.4) is 0 Å². The molecule has 4 rings (SSSR count). The van der Waals surface area contributed by atoms with E-state index in [4.69, 9.17) is 23.7 Å². The van der Waals surface area contributed by atoms with Crippen molar-refractivity contribution in [3.05, 3.63) is 23.8 Å². The fourth-order valence-corrected chi connectivity index (χ4v) is 5.64.